The van der Waals surface area contributed by atoms with Crippen molar-refractivity contribution in [2.75, 3.05) is 13.7 Å². The van der Waals surface area contributed by atoms with Gasteiger partial charge in [-0.15, -0.1) is 0 Å². The van der Waals surface area contributed by atoms with Gasteiger partial charge < -0.3 is 14.8 Å². The highest BCUT2D eigenvalue weighted by Crippen LogP contribution is 2.29. The highest BCUT2D eigenvalue weighted by molar-refractivity contribution is 5.94. The Kier molecular flexibility index (Phi) is 6.27. The maximum atomic E-state index is 12.4. The molecule has 28 heavy (non-hydrogen) atoms. The van der Waals surface area contributed by atoms with Crippen LogP contribution in [-0.4, -0.2) is 40.5 Å². The van der Waals surface area contributed by atoms with E-state index in [1.54, 1.807) is 4.57 Å². The fourth-order valence-electron chi connectivity index (χ4n) is 3.13. The molecule has 0 radical (unpaired) electrons. The van der Waals surface area contributed by atoms with Crippen molar-refractivity contribution < 1.29 is 23.0 Å². The van der Waals surface area contributed by atoms with Gasteiger partial charge in [-0.05, 0) is 37.5 Å². The first-order chi connectivity index (χ1) is 13.5. The molecule has 2 heterocycles. The van der Waals surface area contributed by atoms with Gasteiger partial charge in [-0.25, -0.2) is 9.48 Å². The molecule has 0 saturated carbocycles. The number of nitrogens with one attached hydrogen (secondary N) is 1. The van der Waals surface area contributed by atoms with E-state index in [0.717, 1.165) is 25.1 Å². The van der Waals surface area contributed by atoms with Gasteiger partial charge in [0.2, 0.25) is 0 Å². The summed E-state index contributed by atoms with van der Waals surface area (Å²) in [6.45, 7) is -1.53. The van der Waals surface area contributed by atoms with Crippen LogP contribution in [0.2, 0.25) is 0 Å². The van der Waals surface area contributed by atoms with Crippen molar-refractivity contribution in [1.82, 2.24) is 19.7 Å². The summed E-state index contributed by atoms with van der Waals surface area (Å²) in [6.07, 6.45) is 3.37. The minimum absolute atomic E-state index is 0.0445. The average Bonchev–Trinajstić information content (AvgIpc) is 3.01. The molecule has 1 aromatic heterocycles. The molecule has 1 N–H and O–H groups in total. The lowest BCUT2D eigenvalue weighted by molar-refractivity contribution is -0.0512. The summed E-state index contributed by atoms with van der Waals surface area (Å²) in [5.41, 5.74) is 0.147. The highest BCUT2D eigenvalue weighted by atomic mass is 19.3. The molecule has 10 heteroatoms. The van der Waals surface area contributed by atoms with Gasteiger partial charge in [-0.2, -0.15) is 13.9 Å². The van der Waals surface area contributed by atoms with Crippen LogP contribution in [0.1, 0.15) is 35.4 Å². The molecule has 0 bridgehead atoms. The molecule has 0 saturated heterocycles. The number of rotatable bonds is 8. The van der Waals surface area contributed by atoms with E-state index in [2.05, 4.69) is 15.2 Å². The number of ether oxygens (including phenoxy) is 2. The Morgan fingerprint density at radius 3 is 2.86 bits per heavy atom. The van der Waals surface area contributed by atoms with Gasteiger partial charge in [0.1, 0.15) is 5.82 Å². The van der Waals surface area contributed by atoms with E-state index in [-0.39, 0.29) is 28.7 Å². The molecule has 0 atom stereocenters. The number of benzene rings is 1. The molecule has 3 rings (SSSR count). The predicted octanol–water partition coefficient (Wildman–Crippen LogP) is 1.81. The molecule has 152 valence electrons. The molecule has 2 aromatic rings. The monoisotopic (exact) mass is 396 g/mol. The second kappa shape index (κ2) is 8.85. The van der Waals surface area contributed by atoms with Crippen LogP contribution in [0, 0.1) is 0 Å². The molecule has 0 spiro atoms. The van der Waals surface area contributed by atoms with Crippen LogP contribution in [-0.2, 0) is 19.5 Å². The molecule has 1 aromatic carbocycles. The predicted molar refractivity (Wildman–Crippen MR) is 96.0 cm³/mol. The fraction of sp³-hybridized carbons (Fsp3) is 0.500. The van der Waals surface area contributed by atoms with Crippen molar-refractivity contribution in [3.63, 3.8) is 0 Å². The molecule has 1 aliphatic rings. The van der Waals surface area contributed by atoms with E-state index in [4.69, 9.17) is 4.74 Å². The van der Waals surface area contributed by atoms with Gasteiger partial charge in [0.15, 0.2) is 11.5 Å². The third kappa shape index (κ3) is 4.49. The van der Waals surface area contributed by atoms with E-state index >= 15 is 0 Å². The minimum atomic E-state index is -2.98. The number of carbonyl (C=O) groups is 1. The smallest absolute Gasteiger partial charge is 0.387 e. The van der Waals surface area contributed by atoms with E-state index < -0.39 is 6.61 Å². The lowest BCUT2D eigenvalue weighted by atomic mass is 10.2. The summed E-state index contributed by atoms with van der Waals surface area (Å²) in [5.74, 6) is 0.345. The molecular formula is C18H22F2N4O4. The largest absolute Gasteiger partial charge is 0.493 e. The van der Waals surface area contributed by atoms with Crippen molar-refractivity contribution in [2.24, 2.45) is 0 Å². The SMILES string of the molecule is COc1cc(C(=O)NCCCn2nc3n(c2=O)CCCC3)ccc1OC(F)F. The first-order valence-corrected chi connectivity index (χ1v) is 9.07. The number of halogens is 2. The topological polar surface area (TPSA) is 87.4 Å². The van der Waals surface area contributed by atoms with Crippen LogP contribution >= 0.6 is 0 Å². The normalized spacial score (nSPS) is 13.3. The molecule has 0 aliphatic carbocycles. The Morgan fingerprint density at radius 2 is 2.14 bits per heavy atom. The van der Waals surface area contributed by atoms with Crippen molar-refractivity contribution >= 4 is 5.91 Å². The number of hydrogen-bond donors (Lipinski definition) is 1. The third-order valence-corrected chi connectivity index (χ3v) is 4.51. The summed E-state index contributed by atoms with van der Waals surface area (Å²) >= 11 is 0. The zero-order chi connectivity index (χ0) is 20.1. The van der Waals surface area contributed by atoms with Crippen LogP contribution in [0.3, 0.4) is 0 Å². The summed E-state index contributed by atoms with van der Waals surface area (Å²) in [4.78, 5) is 24.5. The maximum absolute atomic E-state index is 12.4. The van der Waals surface area contributed by atoms with Crippen LogP contribution in [0.25, 0.3) is 0 Å². The average molecular weight is 396 g/mol. The van der Waals surface area contributed by atoms with E-state index in [9.17, 15) is 18.4 Å². The Balaban J connectivity index is 1.53. The molecule has 0 fully saturated rings. The zero-order valence-electron chi connectivity index (χ0n) is 15.5. The third-order valence-electron chi connectivity index (χ3n) is 4.51. The minimum Gasteiger partial charge on any atom is -0.493 e. The lowest BCUT2D eigenvalue weighted by Gasteiger charge is -2.11. The van der Waals surface area contributed by atoms with Gasteiger partial charge in [-0.3, -0.25) is 9.36 Å². The van der Waals surface area contributed by atoms with Crippen molar-refractivity contribution in [1.29, 1.82) is 0 Å². The lowest BCUT2D eigenvalue weighted by Crippen LogP contribution is -2.29. The standard InChI is InChI=1S/C18H22F2N4O4/c1-27-14-11-12(6-7-13(14)28-17(19)20)16(25)21-8-4-10-24-18(26)23-9-3-2-5-15(23)22-24/h6-7,11,17H,2-5,8-10H2,1H3,(H,21,25). The summed E-state index contributed by atoms with van der Waals surface area (Å²) in [7, 11) is 1.30. The van der Waals surface area contributed by atoms with Gasteiger partial charge in [0.25, 0.3) is 5.91 Å². The van der Waals surface area contributed by atoms with Gasteiger partial charge >= 0.3 is 12.3 Å². The van der Waals surface area contributed by atoms with Crippen LogP contribution in [0.15, 0.2) is 23.0 Å². The van der Waals surface area contributed by atoms with Crippen molar-refractivity contribution in [3.8, 4) is 11.5 Å². The maximum Gasteiger partial charge on any atom is 0.387 e. The second-order valence-corrected chi connectivity index (χ2v) is 6.38. The van der Waals surface area contributed by atoms with E-state index in [0.29, 0.717) is 26.1 Å². The van der Waals surface area contributed by atoms with Gasteiger partial charge in [0.05, 0.1) is 7.11 Å². The number of amides is 1. The van der Waals surface area contributed by atoms with Crippen LogP contribution in [0.4, 0.5) is 8.78 Å². The molecular weight excluding hydrogens is 374 g/mol. The molecule has 1 amide bonds. The first-order valence-electron chi connectivity index (χ1n) is 9.07. The fourth-order valence-corrected chi connectivity index (χ4v) is 3.13. The highest BCUT2D eigenvalue weighted by Gasteiger charge is 2.17. The first kappa shape index (κ1) is 19.8. The Hall–Kier alpha value is -2.91. The Labute approximate surface area is 160 Å². The summed E-state index contributed by atoms with van der Waals surface area (Å²) in [6, 6.07) is 3.97. The number of nitrogens with zero attached hydrogens (tertiary/aromatic N) is 3. The second-order valence-electron chi connectivity index (χ2n) is 6.38. The van der Waals surface area contributed by atoms with Gasteiger partial charge in [-0.1, -0.05) is 0 Å². The number of aromatic nitrogens is 3. The number of carbonyl (C=O) groups excluding carboxylic acids is 1. The van der Waals surface area contributed by atoms with Crippen LogP contribution in [0.5, 0.6) is 11.5 Å². The quantitative estimate of drug-likeness (QED) is 0.688. The number of aryl methyl sites for hydroxylation is 2. The number of fused-ring (bicyclic) bond motifs is 1. The van der Waals surface area contributed by atoms with E-state index in [1.807, 2.05) is 0 Å². The summed E-state index contributed by atoms with van der Waals surface area (Å²) in [5, 5.41) is 7.07. The molecule has 0 unspecified atom stereocenters. The zero-order valence-corrected chi connectivity index (χ0v) is 15.5. The number of alkyl halides is 2. The Morgan fingerprint density at radius 1 is 1.32 bits per heavy atom. The van der Waals surface area contributed by atoms with Gasteiger partial charge in [0, 0.05) is 31.6 Å². The summed E-state index contributed by atoms with van der Waals surface area (Å²) < 4.78 is 37.2. The molecule has 8 nitrogen and oxygen atoms in total. The molecule has 1 aliphatic heterocycles. The van der Waals surface area contributed by atoms with Crippen molar-refractivity contribution in [2.45, 2.75) is 45.4 Å². The van der Waals surface area contributed by atoms with Crippen LogP contribution < -0.4 is 20.5 Å². The van der Waals surface area contributed by atoms with E-state index in [1.165, 1.54) is 30.0 Å². The number of hydrogen-bond acceptors (Lipinski definition) is 5. The number of methoxy groups -OCH3 is 1. The van der Waals surface area contributed by atoms with Crippen molar-refractivity contribution in [3.05, 3.63) is 40.1 Å². The Bertz CT molecular complexity index is 894.